The summed E-state index contributed by atoms with van der Waals surface area (Å²) in [4.78, 5) is 53.1. The first-order valence-corrected chi connectivity index (χ1v) is 15.5. The molecule has 3 heterocycles. The third kappa shape index (κ3) is 7.68. The van der Waals surface area contributed by atoms with E-state index < -0.39 is 36.6 Å². The van der Waals surface area contributed by atoms with E-state index in [0.29, 0.717) is 29.0 Å². The molecule has 44 heavy (non-hydrogen) atoms. The van der Waals surface area contributed by atoms with Gasteiger partial charge in [-0.15, -0.1) is 0 Å². The van der Waals surface area contributed by atoms with Crippen molar-refractivity contribution in [2.75, 3.05) is 13.4 Å². The van der Waals surface area contributed by atoms with Gasteiger partial charge in [0.1, 0.15) is 25.9 Å². The van der Waals surface area contributed by atoms with Crippen molar-refractivity contribution in [3.8, 4) is 0 Å². The van der Waals surface area contributed by atoms with Crippen LogP contribution >= 0.6 is 11.8 Å². The first-order chi connectivity index (χ1) is 21.2. The molecule has 0 unspecified atom stereocenters. The maximum absolute atomic E-state index is 13.3. The van der Waals surface area contributed by atoms with Gasteiger partial charge in [-0.3, -0.25) is 27.9 Å². The summed E-state index contributed by atoms with van der Waals surface area (Å²) < 4.78 is 15.8. The zero-order valence-corrected chi connectivity index (χ0v) is 25.8. The molecule has 1 aliphatic heterocycles. The fourth-order valence-electron chi connectivity index (χ4n) is 5.27. The van der Waals surface area contributed by atoms with Gasteiger partial charge in [-0.1, -0.05) is 49.2 Å². The van der Waals surface area contributed by atoms with Crippen LogP contribution in [-0.4, -0.2) is 59.2 Å². The number of ether oxygens (including phenoxy) is 2. The van der Waals surface area contributed by atoms with Crippen molar-refractivity contribution in [1.29, 1.82) is 0 Å². The molecule has 240 valence electrons. The Bertz CT molecular complexity index is 1650. The molecule has 1 saturated heterocycles. The van der Waals surface area contributed by atoms with Gasteiger partial charge >= 0.3 is 11.4 Å². The van der Waals surface area contributed by atoms with E-state index >= 15 is 0 Å². The van der Waals surface area contributed by atoms with Crippen molar-refractivity contribution in [1.82, 2.24) is 18.3 Å². The Kier molecular flexibility index (Phi) is 11.9. The predicted molar refractivity (Wildman–Crippen MR) is 163 cm³/mol. The standard InChI is InChI=1S/C30H40N4O9S/c1-20-16-33(25-15-23(37)24(17-35)43-25)29(40)31(26(20)38)13-9-4-3-5-10-14-32-27(39)21(2)28(34(30(32)41)18-42-19-36)44-22-11-7-6-8-12-22/h6-8,11-12,16,23-25,35-37H,3-5,9-10,13-15,17-19H2,1-2H3/t23-,24+,25+/m0/s1. The fourth-order valence-corrected chi connectivity index (χ4v) is 6.27. The minimum absolute atomic E-state index is 0.138. The second kappa shape index (κ2) is 15.6. The third-order valence-corrected chi connectivity index (χ3v) is 8.92. The van der Waals surface area contributed by atoms with E-state index in [9.17, 15) is 34.5 Å². The Hall–Kier alpha value is -3.27. The Labute approximate surface area is 257 Å². The average Bonchev–Trinajstić information content (AvgIpc) is 3.40. The van der Waals surface area contributed by atoms with E-state index in [4.69, 9.17) is 9.47 Å². The quantitative estimate of drug-likeness (QED) is 0.126. The summed E-state index contributed by atoms with van der Waals surface area (Å²) >= 11 is 1.29. The molecule has 2 aromatic heterocycles. The number of aryl methyl sites for hydroxylation is 1. The number of nitrogens with zero attached hydrogens (tertiary/aromatic N) is 4. The Morgan fingerprint density at radius 1 is 0.886 bits per heavy atom. The SMILES string of the molecule is Cc1cn([C@H]2C[C@H](O)[C@@H](CO)O2)c(=O)n(CCCCCCCn2c(=O)c(C)c(Sc3ccccc3)n(COCO)c2=O)c1=O. The number of aromatic nitrogens is 4. The van der Waals surface area contributed by atoms with Gasteiger partial charge in [0.25, 0.3) is 11.1 Å². The lowest BCUT2D eigenvalue weighted by atomic mass is 10.1. The van der Waals surface area contributed by atoms with E-state index in [1.807, 2.05) is 30.3 Å². The largest absolute Gasteiger partial charge is 0.394 e. The van der Waals surface area contributed by atoms with E-state index in [2.05, 4.69) is 0 Å². The lowest BCUT2D eigenvalue weighted by molar-refractivity contribution is -0.0464. The number of aliphatic hydroxyl groups excluding tert-OH is 3. The van der Waals surface area contributed by atoms with Crippen LogP contribution in [0.4, 0.5) is 0 Å². The van der Waals surface area contributed by atoms with E-state index in [1.54, 1.807) is 13.8 Å². The number of aliphatic hydroxyl groups is 3. The van der Waals surface area contributed by atoms with Crippen LogP contribution in [0.25, 0.3) is 0 Å². The molecule has 13 nitrogen and oxygen atoms in total. The molecule has 0 spiro atoms. The van der Waals surface area contributed by atoms with Gasteiger partial charge in [-0.05, 0) is 38.8 Å². The zero-order valence-electron chi connectivity index (χ0n) is 25.0. The van der Waals surface area contributed by atoms with Crippen molar-refractivity contribution in [2.24, 2.45) is 0 Å². The molecule has 4 rings (SSSR count). The summed E-state index contributed by atoms with van der Waals surface area (Å²) in [6, 6.07) is 9.37. The zero-order chi connectivity index (χ0) is 31.8. The molecule has 1 aromatic carbocycles. The van der Waals surface area contributed by atoms with Crippen LogP contribution in [0.2, 0.25) is 0 Å². The number of rotatable bonds is 15. The first-order valence-electron chi connectivity index (χ1n) is 14.7. The smallest absolute Gasteiger partial charge is 0.333 e. The van der Waals surface area contributed by atoms with Crippen molar-refractivity contribution >= 4 is 11.8 Å². The summed E-state index contributed by atoms with van der Waals surface area (Å²) in [5.74, 6) is 0. The molecule has 0 bridgehead atoms. The van der Waals surface area contributed by atoms with Crippen LogP contribution < -0.4 is 22.5 Å². The van der Waals surface area contributed by atoms with Gasteiger partial charge in [-0.2, -0.15) is 0 Å². The van der Waals surface area contributed by atoms with Crippen LogP contribution in [-0.2, 0) is 29.3 Å². The normalized spacial score (nSPS) is 18.2. The van der Waals surface area contributed by atoms with E-state index in [-0.39, 0.29) is 44.0 Å². The number of unbranched alkanes of at least 4 members (excludes halogenated alkanes) is 4. The molecular formula is C30H40N4O9S. The van der Waals surface area contributed by atoms with Crippen LogP contribution in [0.15, 0.2) is 65.6 Å². The predicted octanol–water partition coefficient (Wildman–Crippen LogP) is 1.32. The number of hydrogen-bond donors (Lipinski definition) is 3. The maximum atomic E-state index is 13.3. The van der Waals surface area contributed by atoms with Crippen molar-refractivity contribution in [3.05, 3.63) is 89.3 Å². The Morgan fingerprint density at radius 2 is 1.52 bits per heavy atom. The lowest BCUT2D eigenvalue weighted by Crippen LogP contribution is -2.42. The average molecular weight is 633 g/mol. The Morgan fingerprint density at radius 3 is 2.14 bits per heavy atom. The van der Waals surface area contributed by atoms with Crippen LogP contribution in [0.5, 0.6) is 0 Å². The van der Waals surface area contributed by atoms with Gasteiger partial charge in [-0.25, -0.2) is 9.59 Å². The second-order valence-electron chi connectivity index (χ2n) is 10.8. The molecule has 0 radical (unpaired) electrons. The fraction of sp³-hybridized carbons (Fsp3) is 0.533. The molecule has 3 aromatic rings. The molecule has 0 saturated carbocycles. The molecular weight excluding hydrogens is 592 g/mol. The summed E-state index contributed by atoms with van der Waals surface area (Å²) in [5, 5.41) is 29.1. The maximum Gasteiger partial charge on any atom is 0.333 e. The summed E-state index contributed by atoms with van der Waals surface area (Å²) in [5.41, 5.74) is -0.993. The first kappa shape index (κ1) is 33.6. The molecule has 3 atom stereocenters. The topological polar surface area (TPSA) is 167 Å². The highest BCUT2D eigenvalue weighted by molar-refractivity contribution is 7.99. The van der Waals surface area contributed by atoms with Crippen molar-refractivity contribution in [2.45, 2.75) is 101 Å². The Balaban J connectivity index is 1.35. The van der Waals surface area contributed by atoms with Crippen molar-refractivity contribution in [3.63, 3.8) is 0 Å². The third-order valence-electron chi connectivity index (χ3n) is 7.69. The van der Waals surface area contributed by atoms with Crippen LogP contribution in [0.3, 0.4) is 0 Å². The van der Waals surface area contributed by atoms with Gasteiger partial charge in [0.05, 0.1) is 17.7 Å². The molecule has 14 heteroatoms. The highest BCUT2D eigenvalue weighted by Gasteiger charge is 2.35. The van der Waals surface area contributed by atoms with E-state index in [1.165, 1.54) is 36.2 Å². The number of benzene rings is 1. The highest BCUT2D eigenvalue weighted by Crippen LogP contribution is 2.28. The summed E-state index contributed by atoms with van der Waals surface area (Å²) in [6.07, 6.45) is 2.48. The molecule has 0 amide bonds. The monoisotopic (exact) mass is 632 g/mol. The van der Waals surface area contributed by atoms with Gasteiger partial charge in [0.2, 0.25) is 0 Å². The van der Waals surface area contributed by atoms with Crippen LogP contribution in [0.1, 0.15) is 55.9 Å². The van der Waals surface area contributed by atoms with Crippen molar-refractivity contribution < 1.29 is 24.8 Å². The molecule has 1 fully saturated rings. The van der Waals surface area contributed by atoms with E-state index in [0.717, 1.165) is 24.2 Å². The second-order valence-corrected chi connectivity index (χ2v) is 11.9. The van der Waals surface area contributed by atoms with Crippen LogP contribution in [0, 0.1) is 13.8 Å². The molecule has 3 N–H and O–H groups in total. The summed E-state index contributed by atoms with van der Waals surface area (Å²) in [7, 11) is 0. The van der Waals surface area contributed by atoms with Gasteiger partial charge < -0.3 is 24.8 Å². The summed E-state index contributed by atoms with van der Waals surface area (Å²) in [6.45, 7) is 2.60. The minimum atomic E-state index is -0.903. The van der Waals surface area contributed by atoms with Gasteiger partial charge in [0, 0.05) is 41.7 Å². The lowest BCUT2D eigenvalue weighted by Gasteiger charge is -2.17. The molecule has 1 aliphatic rings. The van der Waals surface area contributed by atoms with Gasteiger partial charge in [0.15, 0.2) is 0 Å². The highest BCUT2D eigenvalue weighted by atomic mass is 32.2. The molecule has 0 aliphatic carbocycles. The number of hydrogen-bond acceptors (Lipinski definition) is 10. The minimum Gasteiger partial charge on any atom is -0.394 e.